The largest absolute Gasteiger partial charge is 0.367 e. The minimum atomic E-state index is -0.173. The number of unbranched alkanes of at least 4 members (excludes halogenated alkanes) is 1. The van der Waals surface area contributed by atoms with Gasteiger partial charge in [-0.05, 0) is 55.7 Å². The van der Waals surface area contributed by atoms with E-state index in [1.165, 1.54) is 5.56 Å². The first-order valence-corrected chi connectivity index (χ1v) is 13.7. The van der Waals surface area contributed by atoms with Gasteiger partial charge in [0.25, 0.3) is 0 Å². The fourth-order valence-corrected chi connectivity index (χ4v) is 4.35. The van der Waals surface area contributed by atoms with Gasteiger partial charge in [0.05, 0.1) is 13.2 Å². The van der Waals surface area contributed by atoms with Crippen LogP contribution in [0, 0.1) is 0 Å². The number of carbonyl (C=O) groups is 2. The summed E-state index contributed by atoms with van der Waals surface area (Å²) >= 11 is 3.49. The summed E-state index contributed by atoms with van der Waals surface area (Å²) in [4.78, 5) is 29.9. The van der Waals surface area contributed by atoms with E-state index in [-0.39, 0.29) is 31.0 Å². The highest BCUT2D eigenvalue weighted by atomic mass is 79.9. The van der Waals surface area contributed by atoms with Gasteiger partial charge in [0.1, 0.15) is 13.2 Å². The Labute approximate surface area is 229 Å². The molecule has 0 radical (unpaired) electrons. The summed E-state index contributed by atoms with van der Waals surface area (Å²) in [6, 6.07) is 22.0. The highest BCUT2D eigenvalue weighted by Gasteiger charge is 2.24. The Morgan fingerprint density at radius 3 is 2.35 bits per heavy atom. The molecule has 0 atom stereocenters. The maximum atomic E-state index is 13.5. The normalized spacial score (nSPS) is 11.1. The first-order valence-electron chi connectivity index (χ1n) is 12.9. The fourth-order valence-electron chi connectivity index (χ4n) is 4.09. The van der Waals surface area contributed by atoms with Crippen molar-refractivity contribution in [2.24, 2.45) is 0 Å². The van der Waals surface area contributed by atoms with Crippen LogP contribution in [-0.2, 0) is 34.0 Å². The fraction of sp³-hybridized carbons (Fsp3) is 0.400. The van der Waals surface area contributed by atoms with E-state index in [0.29, 0.717) is 19.7 Å². The molecule has 2 aromatic carbocycles. The second kappa shape index (κ2) is 14.7. The Kier molecular flexibility index (Phi) is 11.4. The van der Waals surface area contributed by atoms with Crippen LogP contribution < -0.4 is 0 Å². The number of amides is 2. The maximum Gasteiger partial charge on any atom is 0.249 e. The van der Waals surface area contributed by atoms with Crippen molar-refractivity contribution < 1.29 is 14.3 Å². The maximum absolute atomic E-state index is 13.5. The molecule has 1 aromatic heterocycles. The number of benzene rings is 2. The minimum absolute atomic E-state index is 0.0440. The average molecular weight is 569 g/mol. The molecule has 0 fully saturated rings. The third-order valence-corrected chi connectivity index (χ3v) is 6.79. The van der Waals surface area contributed by atoms with E-state index in [4.69, 9.17) is 4.74 Å². The number of rotatable bonds is 14. The van der Waals surface area contributed by atoms with Crippen LogP contribution in [0.4, 0.5) is 0 Å². The molecule has 0 saturated carbocycles. The van der Waals surface area contributed by atoms with Gasteiger partial charge < -0.3 is 19.1 Å². The highest BCUT2D eigenvalue weighted by Crippen LogP contribution is 2.15. The Morgan fingerprint density at radius 1 is 0.946 bits per heavy atom. The van der Waals surface area contributed by atoms with E-state index in [9.17, 15) is 9.59 Å². The van der Waals surface area contributed by atoms with Gasteiger partial charge in [0, 0.05) is 35.5 Å². The monoisotopic (exact) mass is 567 g/mol. The van der Waals surface area contributed by atoms with Crippen molar-refractivity contribution in [3.63, 3.8) is 0 Å². The van der Waals surface area contributed by atoms with E-state index >= 15 is 0 Å². The summed E-state index contributed by atoms with van der Waals surface area (Å²) in [5, 5.41) is 0. The Hall–Kier alpha value is -2.90. The topological polar surface area (TPSA) is 54.8 Å². The molecular weight excluding hydrogens is 530 g/mol. The van der Waals surface area contributed by atoms with Gasteiger partial charge in [0.2, 0.25) is 11.8 Å². The Bertz CT molecular complexity index is 1110. The predicted molar refractivity (Wildman–Crippen MR) is 151 cm³/mol. The van der Waals surface area contributed by atoms with Crippen LogP contribution in [0.15, 0.2) is 77.4 Å². The molecule has 0 unspecified atom stereocenters. The molecule has 6 nitrogen and oxygen atoms in total. The SMILES string of the molecule is CCCCN(Cc1cccn1Cc1ccc(Br)cc1)C(=O)CN(C(=O)COCc1ccccc1)C(C)C. The number of hydrogen-bond acceptors (Lipinski definition) is 3. The van der Waals surface area contributed by atoms with Crippen molar-refractivity contribution >= 4 is 27.7 Å². The second-order valence-corrected chi connectivity index (χ2v) is 10.4. The zero-order valence-corrected chi connectivity index (χ0v) is 23.7. The van der Waals surface area contributed by atoms with Crippen LogP contribution in [0.1, 0.15) is 50.4 Å². The Balaban J connectivity index is 1.63. The van der Waals surface area contributed by atoms with Crippen LogP contribution in [0.5, 0.6) is 0 Å². The lowest BCUT2D eigenvalue weighted by Gasteiger charge is -2.30. The van der Waals surface area contributed by atoms with Crippen molar-refractivity contribution in [2.75, 3.05) is 19.7 Å². The first-order chi connectivity index (χ1) is 17.9. The third kappa shape index (κ3) is 9.17. The second-order valence-electron chi connectivity index (χ2n) is 9.52. The summed E-state index contributed by atoms with van der Waals surface area (Å²) in [6.07, 6.45) is 3.95. The molecule has 7 heteroatoms. The number of nitrogens with zero attached hydrogens (tertiary/aromatic N) is 3. The van der Waals surface area contributed by atoms with Gasteiger partial charge in [-0.3, -0.25) is 9.59 Å². The summed E-state index contributed by atoms with van der Waals surface area (Å²) < 4.78 is 8.89. The number of halogens is 1. The van der Waals surface area contributed by atoms with Crippen LogP contribution in [0.25, 0.3) is 0 Å². The van der Waals surface area contributed by atoms with Gasteiger partial charge in [-0.2, -0.15) is 0 Å². The molecule has 0 N–H and O–H groups in total. The molecular formula is C30H38BrN3O3. The summed E-state index contributed by atoms with van der Waals surface area (Å²) in [5.74, 6) is -0.219. The lowest BCUT2D eigenvalue weighted by molar-refractivity contribution is -0.145. The van der Waals surface area contributed by atoms with Gasteiger partial charge in [-0.25, -0.2) is 0 Å². The zero-order chi connectivity index (χ0) is 26.6. The lowest BCUT2D eigenvalue weighted by atomic mass is 10.2. The van der Waals surface area contributed by atoms with Crippen molar-refractivity contribution in [1.82, 2.24) is 14.4 Å². The molecule has 37 heavy (non-hydrogen) atoms. The van der Waals surface area contributed by atoms with Crippen molar-refractivity contribution in [3.8, 4) is 0 Å². The highest BCUT2D eigenvalue weighted by molar-refractivity contribution is 9.10. The van der Waals surface area contributed by atoms with Gasteiger partial charge in [-0.15, -0.1) is 0 Å². The predicted octanol–water partition coefficient (Wildman–Crippen LogP) is 5.88. The molecule has 0 spiro atoms. The summed E-state index contributed by atoms with van der Waals surface area (Å²) in [5.41, 5.74) is 3.28. The number of hydrogen-bond donors (Lipinski definition) is 0. The average Bonchev–Trinajstić information content (AvgIpc) is 3.32. The standard InChI is InChI=1S/C30H38BrN3O3/c1-4-5-17-33(20-28-12-9-18-32(28)19-25-13-15-27(31)16-14-25)29(35)21-34(24(2)3)30(36)23-37-22-26-10-7-6-8-11-26/h6-16,18,24H,4-5,17,19-23H2,1-3H3. The van der Waals surface area contributed by atoms with Crippen LogP contribution in [0.3, 0.4) is 0 Å². The quantitative estimate of drug-likeness (QED) is 0.244. The van der Waals surface area contributed by atoms with Crippen molar-refractivity contribution in [1.29, 1.82) is 0 Å². The van der Waals surface area contributed by atoms with Gasteiger partial charge in [0.15, 0.2) is 0 Å². The van der Waals surface area contributed by atoms with E-state index < -0.39 is 0 Å². The molecule has 0 aliphatic carbocycles. The minimum Gasteiger partial charge on any atom is -0.367 e. The van der Waals surface area contributed by atoms with E-state index in [1.54, 1.807) is 4.90 Å². The van der Waals surface area contributed by atoms with Crippen LogP contribution in [-0.4, -0.2) is 51.9 Å². The number of carbonyl (C=O) groups excluding carboxylic acids is 2. The molecule has 0 saturated heterocycles. The summed E-state index contributed by atoms with van der Waals surface area (Å²) in [7, 11) is 0. The van der Waals surface area contributed by atoms with E-state index in [0.717, 1.165) is 35.1 Å². The lowest BCUT2D eigenvalue weighted by Crippen LogP contribution is -2.47. The molecule has 0 aliphatic heterocycles. The number of ether oxygens (including phenoxy) is 1. The van der Waals surface area contributed by atoms with E-state index in [2.05, 4.69) is 45.6 Å². The molecule has 0 aliphatic rings. The van der Waals surface area contributed by atoms with Gasteiger partial charge in [-0.1, -0.05) is 71.7 Å². The Morgan fingerprint density at radius 2 is 1.68 bits per heavy atom. The van der Waals surface area contributed by atoms with Crippen molar-refractivity contribution in [3.05, 3.63) is 94.2 Å². The molecule has 2 amide bonds. The van der Waals surface area contributed by atoms with Gasteiger partial charge >= 0.3 is 0 Å². The van der Waals surface area contributed by atoms with Crippen molar-refractivity contribution in [2.45, 2.75) is 59.4 Å². The summed E-state index contributed by atoms with van der Waals surface area (Å²) in [6.45, 7) is 8.24. The molecule has 3 rings (SSSR count). The molecule has 0 bridgehead atoms. The first kappa shape index (κ1) is 28.7. The van der Waals surface area contributed by atoms with Crippen LogP contribution >= 0.6 is 15.9 Å². The smallest absolute Gasteiger partial charge is 0.249 e. The molecule has 198 valence electrons. The van der Waals surface area contributed by atoms with Crippen LogP contribution in [0.2, 0.25) is 0 Å². The van der Waals surface area contributed by atoms with E-state index in [1.807, 2.05) is 73.5 Å². The number of aromatic nitrogens is 1. The molecule has 1 heterocycles. The third-order valence-electron chi connectivity index (χ3n) is 6.26. The molecule has 3 aromatic rings. The zero-order valence-electron chi connectivity index (χ0n) is 22.1.